The number of rotatable bonds is 13. The molecule has 8 nitrogen and oxygen atoms in total. The number of esters is 1. The summed E-state index contributed by atoms with van der Waals surface area (Å²) < 4.78 is 12.0. The van der Waals surface area contributed by atoms with E-state index >= 15 is 0 Å². The van der Waals surface area contributed by atoms with Gasteiger partial charge in [-0.25, -0.2) is 0 Å². The van der Waals surface area contributed by atoms with E-state index in [-0.39, 0.29) is 31.1 Å². The molecule has 1 aromatic rings. The van der Waals surface area contributed by atoms with Crippen LogP contribution in [0.2, 0.25) is 0 Å². The van der Waals surface area contributed by atoms with E-state index in [1.54, 1.807) is 17.1 Å². The number of amides is 2. The van der Waals surface area contributed by atoms with E-state index in [1.165, 1.54) is 4.90 Å². The summed E-state index contributed by atoms with van der Waals surface area (Å²) in [4.78, 5) is 45.3. The predicted molar refractivity (Wildman–Crippen MR) is 143 cm³/mol. The van der Waals surface area contributed by atoms with Crippen molar-refractivity contribution < 1.29 is 29.0 Å². The SMILES string of the molecule is C=CCCOC(=O)[C@@H]1[C@@H]2CCC3(O2)C(C(=O)N(CC=C)C(C)CCC)N([C@H](CO)c2ccccc2)C(=O)[C@H]13. The Balaban J connectivity index is 1.79. The minimum absolute atomic E-state index is 0.0829. The fourth-order valence-corrected chi connectivity index (χ4v) is 6.70. The number of aliphatic hydroxyl groups excluding tert-OH is 1. The van der Waals surface area contributed by atoms with Crippen LogP contribution in [0.5, 0.6) is 0 Å². The molecule has 0 radical (unpaired) electrons. The summed E-state index contributed by atoms with van der Waals surface area (Å²) in [6, 6.07) is 7.38. The van der Waals surface area contributed by atoms with Crippen molar-refractivity contribution in [3.63, 3.8) is 0 Å². The van der Waals surface area contributed by atoms with Crippen LogP contribution in [0.3, 0.4) is 0 Å². The highest BCUT2D eigenvalue weighted by atomic mass is 16.6. The van der Waals surface area contributed by atoms with Gasteiger partial charge in [-0.15, -0.1) is 13.2 Å². The molecule has 3 saturated heterocycles. The van der Waals surface area contributed by atoms with Crippen molar-refractivity contribution in [2.75, 3.05) is 19.8 Å². The van der Waals surface area contributed by atoms with Gasteiger partial charge in [0.05, 0.1) is 37.2 Å². The maximum absolute atomic E-state index is 14.5. The Morgan fingerprint density at radius 2 is 2.03 bits per heavy atom. The summed E-state index contributed by atoms with van der Waals surface area (Å²) in [6.07, 6.45) is 6.10. The van der Waals surface area contributed by atoms with Crippen LogP contribution >= 0.6 is 0 Å². The molecule has 2 bridgehead atoms. The average Bonchev–Trinajstić information content (AvgIpc) is 3.56. The van der Waals surface area contributed by atoms with Crippen molar-refractivity contribution in [1.29, 1.82) is 0 Å². The quantitative estimate of drug-likeness (QED) is 0.241. The van der Waals surface area contributed by atoms with Gasteiger partial charge in [0, 0.05) is 12.6 Å². The monoisotopic (exact) mass is 524 g/mol. The van der Waals surface area contributed by atoms with Crippen molar-refractivity contribution in [3.8, 4) is 0 Å². The van der Waals surface area contributed by atoms with Crippen LogP contribution in [-0.2, 0) is 23.9 Å². The Morgan fingerprint density at radius 3 is 2.66 bits per heavy atom. The summed E-state index contributed by atoms with van der Waals surface area (Å²) in [5, 5.41) is 10.6. The lowest BCUT2D eigenvalue weighted by atomic mass is 9.70. The van der Waals surface area contributed by atoms with Crippen molar-refractivity contribution in [3.05, 3.63) is 61.2 Å². The Kier molecular flexibility index (Phi) is 8.73. The number of carbonyl (C=O) groups is 3. The number of nitrogens with zero attached hydrogens (tertiary/aromatic N) is 2. The molecule has 0 aliphatic carbocycles. The molecule has 8 heteroatoms. The van der Waals surface area contributed by atoms with Crippen LogP contribution in [0.1, 0.15) is 57.6 Å². The molecule has 2 amide bonds. The van der Waals surface area contributed by atoms with E-state index in [0.717, 1.165) is 12.8 Å². The second-order valence-corrected chi connectivity index (χ2v) is 10.6. The van der Waals surface area contributed by atoms with Gasteiger partial charge in [-0.1, -0.05) is 55.8 Å². The first kappa shape index (κ1) is 28.0. The molecular weight excluding hydrogens is 484 g/mol. The molecule has 0 saturated carbocycles. The summed E-state index contributed by atoms with van der Waals surface area (Å²) in [5.74, 6) is -2.71. The lowest BCUT2D eigenvalue weighted by molar-refractivity contribution is -0.157. The third-order valence-electron chi connectivity index (χ3n) is 8.35. The van der Waals surface area contributed by atoms with Gasteiger partial charge in [-0.05, 0) is 38.2 Å². The zero-order valence-corrected chi connectivity index (χ0v) is 22.5. The van der Waals surface area contributed by atoms with Gasteiger partial charge < -0.3 is 24.4 Å². The first-order valence-electron chi connectivity index (χ1n) is 13.7. The van der Waals surface area contributed by atoms with Crippen molar-refractivity contribution in [2.45, 2.75) is 75.8 Å². The Bertz CT molecular complexity index is 1040. The Hall–Kier alpha value is -2.97. The van der Waals surface area contributed by atoms with E-state index in [1.807, 2.05) is 37.3 Å². The van der Waals surface area contributed by atoms with Gasteiger partial charge >= 0.3 is 5.97 Å². The Morgan fingerprint density at radius 1 is 1.29 bits per heavy atom. The van der Waals surface area contributed by atoms with Gasteiger partial charge in [0.15, 0.2) is 0 Å². The highest BCUT2D eigenvalue weighted by Crippen LogP contribution is 2.60. The molecule has 3 unspecified atom stereocenters. The lowest BCUT2D eigenvalue weighted by Gasteiger charge is -2.41. The molecule has 1 aromatic carbocycles. The van der Waals surface area contributed by atoms with E-state index in [4.69, 9.17) is 9.47 Å². The number of benzene rings is 1. The summed E-state index contributed by atoms with van der Waals surface area (Å²) in [5.41, 5.74) is -0.442. The van der Waals surface area contributed by atoms with Crippen LogP contribution in [0.4, 0.5) is 0 Å². The van der Waals surface area contributed by atoms with Crippen LogP contribution in [0.25, 0.3) is 0 Å². The van der Waals surface area contributed by atoms with Gasteiger partial charge in [-0.3, -0.25) is 14.4 Å². The normalized spacial score (nSPS) is 29.0. The largest absolute Gasteiger partial charge is 0.465 e. The summed E-state index contributed by atoms with van der Waals surface area (Å²) in [6.45, 7) is 11.7. The lowest BCUT2D eigenvalue weighted by Crippen LogP contribution is -2.58. The number of hydrogen-bond acceptors (Lipinski definition) is 6. The second-order valence-electron chi connectivity index (χ2n) is 10.6. The van der Waals surface area contributed by atoms with Crippen LogP contribution in [0.15, 0.2) is 55.6 Å². The standard InChI is InChI=1S/C30H40N2O6/c1-5-8-18-37-29(36)24-23-15-16-30(38-23)25(24)27(34)32(22(19-33)21-13-10-9-11-14-21)26(30)28(35)31(17-7-3)20(4)12-6-2/h5,7,9-11,13-14,20,22-26,33H,1,3,6,8,12,15-19H2,2,4H3/t20?,22-,23+,24-,25+,26?,30?/m1/s1. The number of aliphatic hydroxyl groups is 1. The molecule has 3 aliphatic heterocycles. The molecular formula is C30H40N2O6. The molecule has 0 aromatic heterocycles. The second kappa shape index (κ2) is 11.8. The number of fused-ring (bicyclic) bond motifs is 1. The van der Waals surface area contributed by atoms with E-state index < -0.39 is 41.6 Å². The fraction of sp³-hybridized carbons (Fsp3) is 0.567. The number of carbonyl (C=O) groups excluding carboxylic acids is 3. The zero-order valence-electron chi connectivity index (χ0n) is 22.5. The van der Waals surface area contributed by atoms with Crippen molar-refractivity contribution in [2.24, 2.45) is 11.8 Å². The molecule has 38 heavy (non-hydrogen) atoms. The molecule has 3 fully saturated rings. The van der Waals surface area contributed by atoms with Gasteiger partial charge in [-0.2, -0.15) is 0 Å². The molecule has 3 heterocycles. The van der Waals surface area contributed by atoms with Crippen LogP contribution in [-0.4, -0.2) is 76.2 Å². The van der Waals surface area contributed by atoms with Gasteiger partial charge in [0.25, 0.3) is 0 Å². The predicted octanol–water partition coefficient (Wildman–Crippen LogP) is 3.42. The van der Waals surface area contributed by atoms with Crippen LogP contribution in [0, 0.1) is 11.8 Å². The third kappa shape index (κ3) is 4.69. The minimum Gasteiger partial charge on any atom is -0.465 e. The topological polar surface area (TPSA) is 96.4 Å². The molecule has 7 atom stereocenters. The van der Waals surface area contributed by atoms with Gasteiger partial charge in [0.1, 0.15) is 11.6 Å². The zero-order chi connectivity index (χ0) is 27.4. The van der Waals surface area contributed by atoms with E-state index in [0.29, 0.717) is 31.4 Å². The minimum atomic E-state index is -1.16. The number of ether oxygens (including phenoxy) is 2. The first-order valence-corrected chi connectivity index (χ1v) is 13.7. The average molecular weight is 525 g/mol. The summed E-state index contributed by atoms with van der Waals surface area (Å²) in [7, 11) is 0. The maximum atomic E-state index is 14.5. The molecule has 206 valence electrons. The van der Waals surface area contributed by atoms with Crippen molar-refractivity contribution in [1.82, 2.24) is 9.80 Å². The summed E-state index contributed by atoms with van der Waals surface area (Å²) >= 11 is 0. The molecule has 3 aliphatic rings. The van der Waals surface area contributed by atoms with Crippen molar-refractivity contribution >= 4 is 17.8 Å². The highest BCUT2D eigenvalue weighted by molar-refractivity contribution is 5.98. The number of hydrogen-bond donors (Lipinski definition) is 1. The van der Waals surface area contributed by atoms with Gasteiger partial charge in [0.2, 0.25) is 11.8 Å². The molecule has 1 spiro atoms. The maximum Gasteiger partial charge on any atom is 0.312 e. The third-order valence-corrected chi connectivity index (χ3v) is 8.35. The number of likely N-dealkylation sites (tertiary alicyclic amines) is 1. The molecule has 4 rings (SSSR count). The highest BCUT2D eigenvalue weighted by Gasteiger charge is 2.75. The Labute approximate surface area is 225 Å². The smallest absolute Gasteiger partial charge is 0.312 e. The molecule has 1 N–H and O–H groups in total. The first-order chi connectivity index (χ1) is 18.4. The van der Waals surface area contributed by atoms with E-state index in [9.17, 15) is 19.5 Å². The van der Waals surface area contributed by atoms with Crippen LogP contribution < -0.4 is 0 Å². The van der Waals surface area contributed by atoms with E-state index in [2.05, 4.69) is 20.1 Å². The fourth-order valence-electron chi connectivity index (χ4n) is 6.70.